The average molecular weight is 306 g/mol. The molecule has 0 N–H and O–H groups in total. The van der Waals surface area contributed by atoms with Gasteiger partial charge in [-0.2, -0.15) is 0 Å². The fourth-order valence-electron chi connectivity index (χ4n) is 3.15. The number of hydrogen-bond donors (Lipinski definition) is 0. The minimum atomic E-state index is -0.0586. The molecule has 1 aliphatic carbocycles. The Morgan fingerprint density at radius 3 is 2.26 bits per heavy atom. The predicted molar refractivity (Wildman–Crippen MR) is 77.1 cm³/mol. The lowest BCUT2D eigenvalue weighted by molar-refractivity contribution is -0.145. The van der Waals surface area contributed by atoms with Crippen LogP contribution in [0.15, 0.2) is 10.6 Å². The van der Waals surface area contributed by atoms with Crippen molar-refractivity contribution in [3.63, 3.8) is 0 Å². The van der Waals surface area contributed by atoms with E-state index in [0.29, 0.717) is 13.1 Å². The molecule has 3 nitrogen and oxygen atoms in total. The van der Waals surface area contributed by atoms with Crippen LogP contribution in [0.1, 0.15) is 27.7 Å². The van der Waals surface area contributed by atoms with Crippen molar-refractivity contribution in [2.75, 3.05) is 13.1 Å². The number of carbonyl (C=O) groups is 1. The zero-order valence-electron chi connectivity index (χ0n) is 11.8. The van der Waals surface area contributed by atoms with Crippen molar-refractivity contribution in [1.82, 2.24) is 4.90 Å². The second kappa shape index (κ2) is 5.27. The Hall–Kier alpha value is -0.250. The molecule has 4 atom stereocenters. The van der Waals surface area contributed by atoms with Gasteiger partial charge >= 0.3 is 0 Å². The summed E-state index contributed by atoms with van der Waals surface area (Å²) in [6, 6.07) is 0. The number of nitrogens with zero attached hydrogens (tertiary/aromatic N) is 1. The topological polar surface area (TPSA) is 29.5 Å². The van der Waals surface area contributed by atoms with Crippen molar-refractivity contribution in [2.45, 2.75) is 39.9 Å². The van der Waals surface area contributed by atoms with Crippen molar-refractivity contribution in [3.05, 3.63) is 10.6 Å². The summed E-state index contributed by atoms with van der Waals surface area (Å²) < 4.78 is 5.91. The van der Waals surface area contributed by atoms with Gasteiger partial charge in [0, 0.05) is 13.1 Å². The van der Waals surface area contributed by atoms with E-state index < -0.39 is 0 Å². The number of halogens is 2. The minimum absolute atomic E-state index is 0.0162. The largest absolute Gasteiger partial charge is 0.372 e. The lowest BCUT2D eigenvalue weighted by Gasteiger charge is -2.35. The highest BCUT2D eigenvalue weighted by Crippen LogP contribution is 2.60. The second-order valence-corrected chi connectivity index (χ2v) is 7.29. The molecule has 1 saturated carbocycles. The first-order chi connectivity index (χ1) is 8.73. The Balaban J connectivity index is 2.07. The lowest BCUT2D eigenvalue weighted by atomic mass is 10.1. The standard InChI is InChI=1S/C14H21Cl2NO2/c1-8-6-17(7-9(2)19-8)13(18)12-10(5-11(15)16)14(12,3)4/h5,8-10,12H,6-7H2,1-4H3/t8-,9+,10-,12-/m0/s1. The molecule has 2 aliphatic rings. The van der Waals surface area contributed by atoms with Gasteiger partial charge in [-0.15, -0.1) is 0 Å². The molecule has 19 heavy (non-hydrogen) atoms. The molecular weight excluding hydrogens is 285 g/mol. The molecule has 0 radical (unpaired) electrons. The molecule has 2 fully saturated rings. The molecule has 2 rings (SSSR count). The van der Waals surface area contributed by atoms with Crippen LogP contribution in [0.25, 0.3) is 0 Å². The molecule has 1 amide bonds. The van der Waals surface area contributed by atoms with E-state index in [9.17, 15) is 4.79 Å². The van der Waals surface area contributed by atoms with Gasteiger partial charge in [0.15, 0.2) is 0 Å². The molecule has 0 bridgehead atoms. The molecule has 0 aromatic heterocycles. The lowest BCUT2D eigenvalue weighted by Crippen LogP contribution is -2.49. The van der Waals surface area contributed by atoms with Crippen molar-refractivity contribution in [3.8, 4) is 0 Å². The van der Waals surface area contributed by atoms with Crippen molar-refractivity contribution in [2.24, 2.45) is 17.3 Å². The third-order valence-electron chi connectivity index (χ3n) is 4.21. The van der Waals surface area contributed by atoms with Crippen LogP contribution in [0.4, 0.5) is 0 Å². The highest BCUT2D eigenvalue weighted by atomic mass is 35.5. The Morgan fingerprint density at radius 1 is 1.26 bits per heavy atom. The van der Waals surface area contributed by atoms with Gasteiger partial charge in [-0.1, -0.05) is 37.0 Å². The molecular formula is C14H21Cl2NO2. The fourth-order valence-corrected chi connectivity index (χ4v) is 3.42. The van der Waals surface area contributed by atoms with Gasteiger partial charge in [-0.25, -0.2) is 0 Å². The Kier molecular flexibility index (Phi) is 4.20. The van der Waals surface area contributed by atoms with Crippen LogP contribution in [-0.2, 0) is 9.53 Å². The van der Waals surface area contributed by atoms with E-state index in [1.165, 1.54) is 0 Å². The summed E-state index contributed by atoms with van der Waals surface area (Å²) in [5.41, 5.74) is -0.0586. The quantitative estimate of drug-likeness (QED) is 0.784. The van der Waals surface area contributed by atoms with E-state index in [1.807, 2.05) is 18.7 Å². The van der Waals surface area contributed by atoms with Gasteiger partial charge in [0.05, 0.1) is 18.1 Å². The van der Waals surface area contributed by atoms with E-state index in [-0.39, 0.29) is 39.9 Å². The van der Waals surface area contributed by atoms with Gasteiger partial charge in [0.25, 0.3) is 0 Å². The maximum Gasteiger partial charge on any atom is 0.227 e. The number of rotatable bonds is 2. The van der Waals surface area contributed by atoms with E-state index >= 15 is 0 Å². The van der Waals surface area contributed by atoms with Gasteiger partial charge in [-0.3, -0.25) is 4.79 Å². The number of allylic oxidation sites excluding steroid dienone is 1. The van der Waals surface area contributed by atoms with Crippen LogP contribution >= 0.6 is 23.2 Å². The number of morpholine rings is 1. The minimum Gasteiger partial charge on any atom is -0.372 e. The maximum atomic E-state index is 12.6. The molecule has 0 spiro atoms. The van der Waals surface area contributed by atoms with Crippen LogP contribution in [0.5, 0.6) is 0 Å². The van der Waals surface area contributed by atoms with Crippen molar-refractivity contribution >= 4 is 29.1 Å². The summed E-state index contributed by atoms with van der Waals surface area (Å²) in [4.78, 5) is 14.5. The van der Waals surface area contributed by atoms with Crippen LogP contribution in [0.2, 0.25) is 0 Å². The predicted octanol–water partition coefficient (Wildman–Crippen LogP) is 3.21. The summed E-state index contributed by atoms with van der Waals surface area (Å²) >= 11 is 11.4. The van der Waals surface area contributed by atoms with Crippen LogP contribution in [0.3, 0.4) is 0 Å². The van der Waals surface area contributed by atoms with E-state index in [4.69, 9.17) is 27.9 Å². The first kappa shape index (κ1) is 15.1. The summed E-state index contributed by atoms with van der Waals surface area (Å²) in [5, 5.41) is 0. The fraction of sp³-hybridized carbons (Fsp3) is 0.786. The zero-order valence-corrected chi connectivity index (χ0v) is 13.3. The Bertz CT molecular complexity index is 394. The molecule has 5 heteroatoms. The van der Waals surface area contributed by atoms with E-state index in [2.05, 4.69) is 13.8 Å². The second-order valence-electron chi connectivity index (χ2n) is 6.28. The zero-order chi connectivity index (χ0) is 14.4. The number of carbonyl (C=O) groups excluding carboxylic acids is 1. The summed E-state index contributed by atoms with van der Waals surface area (Å²) in [5.74, 6) is 0.318. The summed E-state index contributed by atoms with van der Waals surface area (Å²) in [7, 11) is 0. The van der Waals surface area contributed by atoms with Crippen molar-refractivity contribution < 1.29 is 9.53 Å². The third-order valence-corrected chi connectivity index (χ3v) is 4.47. The third kappa shape index (κ3) is 3.09. The molecule has 0 aromatic carbocycles. The maximum absolute atomic E-state index is 12.6. The van der Waals surface area contributed by atoms with Crippen molar-refractivity contribution in [1.29, 1.82) is 0 Å². The highest BCUT2D eigenvalue weighted by molar-refractivity contribution is 6.55. The Morgan fingerprint density at radius 2 is 1.79 bits per heavy atom. The van der Waals surface area contributed by atoms with Gasteiger partial charge < -0.3 is 9.64 Å². The summed E-state index contributed by atoms with van der Waals surface area (Å²) in [6.45, 7) is 9.51. The molecule has 108 valence electrons. The first-order valence-corrected chi connectivity index (χ1v) is 7.46. The summed E-state index contributed by atoms with van der Waals surface area (Å²) in [6.07, 6.45) is 1.99. The Labute approximate surface area is 124 Å². The SMILES string of the molecule is C[C@@H]1CN(C(=O)[C@@H]2[C@H](C=C(Cl)Cl)C2(C)C)C[C@H](C)O1. The van der Waals surface area contributed by atoms with E-state index in [1.54, 1.807) is 6.08 Å². The van der Waals surface area contributed by atoms with Crippen LogP contribution in [0, 0.1) is 17.3 Å². The van der Waals surface area contributed by atoms with Gasteiger partial charge in [-0.05, 0) is 31.3 Å². The highest BCUT2D eigenvalue weighted by Gasteiger charge is 2.61. The van der Waals surface area contributed by atoms with Gasteiger partial charge in [0.1, 0.15) is 4.49 Å². The average Bonchev–Trinajstić information content (AvgIpc) is 2.77. The molecule has 0 aromatic rings. The van der Waals surface area contributed by atoms with E-state index in [0.717, 1.165) is 0 Å². The van der Waals surface area contributed by atoms with Gasteiger partial charge in [0.2, 0.25) is 5.91 Å². The van der Waals surface area contributed by atoms with Crippen LogP contribution < -0.4 is 0 Å². The molecule has 0 unspecified atom stereocenters. The monoisotopic (exact) mass is 305 g/mol. The number of amides is 1. The molecule has 1 heterocycles. The smallest absolute Gasteiger partial charge is 0.227 e. The first-order valence-electron chi connectivity index (χ1n) is 6.70. The normalized spacial score (nSPS) is 36.8. The molecule has 1 aliphatic heterocycles. The van der Waals surface area contributed by atoms with Crippen LogP contribution in [-0.4, -0.2) is 36.1 Å². The number of hydrogen-bond acceptors (Lipinski definition) is 2. The molecule has 1 saturated heterocycles. The number of ether oxygens (including phenoxy) is 1.